The van der Waals surface area contributed by atoms with Gasteiger partial charge in [-0.3, -0.25) is 4.79 Å². The molecule has 4 rings (SSSR count). The molecule has 23 heavy (non-hydrogen) atoms. The molecule has 0 radical (unpaired) electrons. The van der Waals surface area contributed by atoms with E-state index >= 15 is 0 Å². The summed E-state index contributed by atoms with van der Waals surface area (Å²) in [6.07, 6.45) is 0. The normalized spacial score (nSPS) is 11.3. The Hall–Kier alpha value is -2.67. The smallest absolute Gasteiger partial charge is 0.278 e. The van der Waals surface area contributed by atoms with Crippen molar-refractivity contribution in [2.75, 3.05) is 0 Å². The maximum absolute atomic E-state index is 12.4. The molecule has 0 saturated carbocycles. The summed E-state index contributed by atoms with van der Waals surface area (Å²) in [7, 11) is 1.96. The van der Waals surface area contributed by atoms with E-state index in [4.69, 9.17) is 0 Å². The van der Waals surface area contributed by atoms with Crippen molar-refractivity contribution in [3.8, 4) is 0 Å². The number of benzene rings is 2. The first-order chi connectivity index (χ1) is 11.2. The zero-order chi connectivity index (χ0) is 15.8. The SMILES string of the molecule is Cn1c(SCn2nnc3ccccc3c2=O)nc2ccccc21. The fourth-order valence-corrected chi connectivity index (χ4v) is 3.34. The lowest BCUT2D eigenvalue weighted by Gasteiger charge is -2.04. The number of para-hydroxylation sites is 2. The van der Waals surface area contributed by atoms with Crippen LogP contribution >= 0.6 is 11.8 Å². The quantitative estimate of drug-likeness (QED) is 0.542. The van der Waals surface area contributed by atoms with Crippen LogP contribution in [0.5, 0.6) is 0 Å². The molecule has 0 saturated heterocycles. The van der Waals surface area contributed by atoms with Gasteiger partial charge in [-0.25, -0.2) is 4.98 Å². The van der Waals surface area contributed by atoms with Crippen molar-refractivity contribution in [1.82, 2.24) is 24.5 Å². The Labute approximate surface area is 135 Å². The number of hydrogen-bond donors (Lipinski definition) is 0. The summed E-state index contributed by atoms with van der Waals surface area (Å²) in [5.41, 5.74) is 2.48. The van der Waals surface area contributed by atoms with Gasteiger partial charge in [0.05, 0.1) is 22.3 Å². The largest absolute Gasteiger partial charge is 0.322 e. The van der Waals surface area contributed by atoms with Crippen LogP contribution in [-0.4, -0.2) is 24.5 Å². The lowest BCUT2D eigenvalue weighted by molar-refractivity contribution is 0.642. The summed E-state index contributed by atoms with van der Waals surface area (Å²) < 4.78 is 3.38. The van der Waals surface area contributed by atoms with Crippen molar-refractivity contribution in [2.45, 2.75) is 11.0 Å². The van der Waals surface area contributed by atoms with Crippen LogP contribution in [0.2, 0.25) is 0 Å². The highest BCUT2D eigenvalue weighted by atomic mass is 32.2. The van der Waals surface area contributed by atoms with Gasteiger partial charge in [0, 0.05) is 7.05 Å². The first kappa shape index (κ1) is 14.0. The third-order valence-corrected chi connectivity index (χ3v) is 4.69. The highest BCUT2D eigenvalue weighted by Crippen LogP contribution is 2.23. The molecule has 0 N–H and O–H groups in total. The lowest BCUT2D eigenvalue weighted by atomic mass is 10.2. The first-order valence-electron chi connectivity index (χ1n) is 7.11. The average Bonchev–Trinajstić information content (AvgIpc) is 2.91. The number of fused-ring (bicyclic) bond motifs is 2. The second-order valence-corrected chi connectivity index (χ2v) is 6.04. The summed E-state index contributed by atoms with van der Waals surface area (Å²) in [5, 5.41) is 9.51. The number of imidazole rings is 1. The lowest BCUT2D eigenvalue weighted by Crippen LogP contribution is -2.23. The van der Waals surface area contributed by atoms with Crippen LogP contribution in [-0.2, 0) is 12.9 Å². The van der Waals surface area contributed by atoms with Crippen molar-refractivity contribution in [3.63, 3.8) is 0 Å². The first-order valence-corrected chi connectivity index (χ1v) is 8.09. The van der Waals surface area contributed by atoms with Crippen LogP contribution in [0.15, 0.2) is 58.5 Å². The van der Waals surface area contributed by atoms with Crippen LogP contribution in [0.1, 0.15) is 0 Å². The van der Waals surface area contributed by atoms with Crippen LogP contribution in [0, 0.1) is 0 Å². The van der Waals surface area contributed by atoms with E-state index in [-0.39, 0.29) is 5.56 Å². The van der Waals surface area contributed by atoms with Gasteiger partial charge in [-0.15, -0.1) is 5.10 Å². The molecule has 0 atom stereocenters. The number of hydrogen-bond acceptors (Lipinski definition) is 5. The number of aryl methyl sites for hydroxylation is 1. The van der Waals surface area contributed by atoms with Gasteiger partial charge < -0.3 is 4.57 Å². The minimum Gasteiger partial charge on any atom is -0.322 e. The van der Waals surface area contributed by atoms with E-state index in [0.29, 0.717) is 16.8 Å². The van der Waals surface area contributed by atoms with Crippen molar-refractivity contribution in [3.05, 3.63) is 58.9 Å². The maximum Gasteiger partial charge on any atom is 0.278 e. The zero-order valence-electron chi connectivity index (χ0n) is 12.4. The summed E-state index contributed by atoms with van der Waals surface area (Å²) >= 11 is 1.46. The molecule has 0 spiro atoms. The Balaban J connectivity index is 1.67. The second-order valence-electron chi connectivity index (χ2n) is 5.13. The minimum absolute atomic E-state index is 0.137. The Morgan fingerprint density at radius 2 is 1.78 bits per heavy atom. The molecule has 0 aliphatic rings. The molecule has 0 fully saturated rings. The van der Waals surface area contributed by atoms with Gasteiger partial charge in [-0.1, -0.05) is 41.2 Å². The van der Waals surface area contributed by atoms with Crippen molar-refractivity contribution < 1.29 is 0 Å². The molecule has 0 unspecified atom stereocenters. The third-order valence-electron chi connectivity index (χ3n) is 3.69. The molecule has 7 heteroatoms. The summed E-state index contributed by atoms with van der Waals surface area (Å²) in [4.78, 5) is 17.0. The average molecular weight is 323 g/mol. The second kappa shape index (κ2) is 5.51. The molecule has 0 aliphatic carbocycles. The van der Waals surface area contributed by atoms with E-state index in [1.54, 1.807) is 12.1 Å². The molecular weight excluding hydrogens is 310 g/mol. The Kier molecular flexibility index (Phi) is 3.34. The number of thioether (sulfide) groups is 1. The Morgan fingerprint density at radius 3 is 2.61 bits per heavy atom. The minimum atomic E-state index is -0.137. The highest BCUT2D eigenvalue weighted by Gasteiger charge is 2.10. The monoisotopic (exact) mass is 323 g/mol. The van der Waals surface area contributed by atoms with Crippen molar-refractivity contribution in [2.24, 2.45) is 7.05 Å². The Bertz CT molecular complexity index is 1070. The molecular formula is C16H13N5OS. The predicted molar refractivity (Wildman–Crippen MR) is 90.4 cm³/mol. The molecule has 6 nitrogen and oxygen atoms in total. The van der Waals surface area contributed by atoms with Gasteiger partial charge in [-0.2, -0.15) is 4.68 Å². The molecule has 4 aromatic rings. The van der Waals surface area contributed by atoms with Crippen molar-refractivity contribution in [1.29, 1.82) is 0 Å². The fraction of sp³-hybridized carbons (Fsp3) is 0.125. The third kappa shape index (κ3) is 2.39. The van der Waals surface area contributed by atoms with Crippen molar-refractivity contribution >= 4 is 33.7 Å². The molecule has 114 valence electrons. The number of nitrogens with zero attached hydrogens (tertiary/aromatic N) is 5. The molecule has 2 aromatic heterocycles. The summed E-state index contributed by atoms with van der Waals surface area (Å²) in [6, 6.07) is 15.2. The van der Waals surface area contributed by atoms with Crippen LogP contribution in [0.4, 0.5) is 0 Å². The van der Waals surface area contributed by atoms with Gasteiger partial charge in [0.25, 0.3) is 5.56 Å². The highest BCUT2D eigenvalue weighted by molar-refractivity contribution is 7.98. The van der Waals surface area contributed by atoms with Crippen LogP contribution in [0.3, 0.4) is 0 Å². The Morgan fingerprint density at radius 1 is 1.04 bits per heavy atom. The van der Waals surface area contributed by atoms with E-state index in [2.05, 4.69) is 15.3 Å². The van der Waals surface area contributed by atoms with Gasteiger partial charge in [-0.05, 0) is 24.3 Å². The van der Waals surface area contributed by atoms with E-state index in [9.17, 15) is 4.79 Å². The molecule has 0 amide bonds. The fourth-order valence-electron chi connectivity index (χ4n) is 2.48. The number of aromatic nitrogens is 5. The topological polar surface area (TPSA) is 65.6 Å². The molecule has 0 aliphatic heterocycles. The van der Waals surface area contributed by atoms with Gasteiger partial charge in [0.15, 0.2) is 5.16 Å². The van der Waals surface area contributed by atoms with E-state index in [1.165, 1.54) is 16.4 Å². The van der Waals surface area contributed by atoms with E-state index < -0.39 is 0 Å². The van der Waals surface area contributed by atoms with Crippen LogP contribution < -0.4 is 5.56 Å². The standard InChI is InChI=1S/C16H13N5OS/c1-20-14-9-5-4-8-13(14)17-16(20)23-10-21-15(22)11-6-2-3-7-12(11)18-19-21/h2-9H,10H2,1H3. The number of rotatable bonds is 3. The molecule has 2 aromatic carbocycles. The maximum atomic E-state index is 12.4. The van der Waals surface area contributed by atoms with E-state index in [1.807, 2.05) is 48.0 Å². The summed E-state index contributed by atoms with van der Waals surface area (Å²) in [5.74, 6) is 0.369. The zero-order valence-corrected chi connectivity index (χ0v) is 13.2. The van der Waals surface area contributed by atoms with Gasteiger partial charge in [0.1, 0.15) is 5.52 Å². The molecule has 2 heterocycles. The van der Waals surface area contributed by atoms with E-state index in [0.717, 1.165) is 16.2 Å². The predicted octanol–water partition coefficient (Wildman–Crippen LogP) is 2.43. The van der Waals surface area contributed by atoms with Gasteiger partial charge in [0.2, 0.25) is 0 Å². The molecule has 0 bridgehead atoms. The van der Waals surface area contributed by atoms with Gasteiger partial charge >= 0.3 is 0 Å². The summed E-state index contributed by atoms with van der Waals surface area (Å²) in [6.45, 7) is 0. The van der Waals surface area contributed by atoms with Crippen LogP contribution in [0.25, 0.3) is 21.9 Å².